The molecule has 0 aromatic rings. The average molecular weight is 126 g/mol. The lowest BCUT2D eigenvalue weighted by molar-refractivity contribution is -0.113. The third-order valence-corrected chi connectivity index (χ3v) is 1.40. The number of carbonyl (C=O) groups is 1. The molecule has 0 spiro atoms. The maximum absolute atomic E-state index is 10.1. The van der Waals surface area contributed by atoms with Crippen LogP contribution in [0.3, 0.4) is 0 Å². The first-order valence-corrected chi connectivity index (χ1v) is 2.93. The SMILES string of the molecule is NC(=O)/C=C\[C@@H]1C[C@H]1N. The van der Waals surface area contributed by atoms with E-state index >= 15 is 0 Å². The lowest BCUT2D eigenvalue weighted by Crippen LogP contribution is -2.06. The molecular weight excluding hydrogens is 116 g/mol. The minimum absolute atomic E-state index is 0.264. The van der Waals surface area contributed by atoms with E-state index < -0.39 is 5.91 Å². The fraction of sp³-hybridized carbons (Fsp3) is 0.500. The number of primary amides is 1. The molecule has 1 amide bonds. The number of carbonyl (C=O) groups excluding carboxylic acids is 1. The van der Waals surface area contributed by atoms with Gasteiger partial charge in [0.05, 0.1) is 0 Å². The quantitative estimate of drug-likeness (QED) is 0.484. The Morgan fingerprint density at radius 2 is 2.22 bits per heavy atom. The van der Waals surface area contributed by atoms with Crippen LogP contribution in [0.15, 0.2) is 12.2 Å². The Kier molecular flexibility index (Phi) is 1.53. The van der Waals surface area contributed by atoms with E-state index in [1.807, 2.05) is 0 Å². The van der Waals surface area contributed by atoms with Gasteiger partial charge in [-0.05, 0) is 18.4 Å². The zero-order valence-corrected chi connectivity index (χ0v) is 5.08. The van der Waals surface area contributed by atoms with Crippen LogP contribution in [0.5, 0.6) is 0 Å². The zero-order chi connectivity index (χ0) is 6.85. The summed E-state index contributed by atoms with van der Waals surface area (Å²) in [6.45, 7) is 0. The van der Waals surface area contributed by atoms with Crippen LogP contribution >= 0.6 is 0 Å². The van der Waals surface area contributed by atoms with Crippen LogP contribution < -0.4 is 11.5 Å². The molecule has 0 bridgehead atoms. The van der Waals surface area contributed by atoms with E-state index in [4.69, 9.17) is 11.5 Å². The molecular formula is C6H10N2O. The highest BCUT2D eigenvalue weighted by Gasteiger charge is 2.30. The second kappa shape index (κ2) is 2.19. The van der Waals surface area contributed by atoms with E-state index in [2.05, 4.69) is 0 Å². The fourth-order valence-electron chi connectivity index (χ4n) is 0.675. The van der Waals surface area contributed by atoms with Crippen molar-refractivity contribution in [1.82, 2.24) is 0 Å². The molecule has 3 nitrogen and oxygen atoms in total. The van der Waals surface area contributed by atoms with Gasteiger partial charge in [-0.15, -0.1) is 0 Å². The third-order valence-electron chi connectivity index (χ3n) is 1.40. The molecule has 0 aliphatic heterocycles. The van der Waals surface area contributed by atoms with Crippen LogP contribution in [0.25, 0.3) is 0 Å². The van der Waals surface area contributed by atoms with Crippen molar-refractivity contribution in [3.63, 3.8) is 0 Å². The van der Waals surface area contributed by atoms with E-state index in [1.165, 1.54) is 6.08 Å². The summed E-state index contributed by atoms with van der Waals surface area (Å²) in [6.07, 6.45) is 4.13. The monoisotopic (exact) mass is 126 g/mol. The predicted molar refractivity (Wildman–Crippen MR) is 34.4 cm³/mol. The van der Waals surface area contributed by atoms with Gasteiger partial charge in [-0.25, -0.2) is 0 Å². The molecule has 2 atom stereocenters. The Labute approximate surface area is 53.7 Å². The number of rotatable bonds is 2. The summed E-state index contributed by atoms with van der Waals surface area (Å²) in [5.74, 6) is 0.00611. The summed E-state index contributed by atoms with van der Waals surface area (Å²) in [5.41, 5.74) is 10.3. The summed E-state index contributed by atoms with van der Waals surface area (Å²) in [6, 6.07) is 0.264. The summed E-state index contributed by atoms with van der Waals surface area (Å²) in [7, 11) is 0. The van der Waals surface area contributed by atoms with Crippen molar-refractivity contribution in [1.29, 1.82) is 0 Å². The summed E-state index contributed by atoms with van der Waals surface area (Å²) in [4.78, 5) is 10.1. The summed E-state index contributed by atoms with van der Waals surface area (Å²) >= 11 is 0. The second-order valence-corrected chi connectivity index (χ2v) is 2.32. The van der Waals surface area contributed by atoms with Crippen LogP contribution in [0.2, 0.25) is 0 Å². The number of hydrogen-bond acceptors (Lipinski definition) is 2. The molecule has 50 valence electrons. The zero-order valence-electron chi connectivity index (χ0n) is 5.08. The van der Waals surface area contributed by atoms with Crippen LogP contribution in [-0.2, 0) is 4.79 Å². The summed E-state index contributed by atoms with van der Waals surface area (Å²) < 4.78 is 0. The van der Waals surface area contributed by atoms with E-state index in [0.29, 0.717) is 5.92 Å². The molecule has 0 radical (unpaired) electrons. The van der Waals surface area contributed by atoms with Gasteiger partial charge in [0, 0.05) is 6.04 Å². The second-order valence-electron chi connectivity index (χ2n) is 2.32. The van der Waals surface area contributed by atoms with Gasteiger partial charge in [0.2, 0.25) is 5.91 Å². The van der Waals surface area contributed by atoms with Crippen LogP contribution in [-0.4, -0.2) is 11.9 Å². The predicted octanol–water partition coefficient (Wildman–Crippen LogP) is -0.625. The van der Waals surface area contributed by atoms with Crippen molar-refractivity contribution in [2.45, 2.75) is 12.5 Å². The van der Waals surface area contributed by atoms with Gasteiger partial charge >= 0.3 is 0 Å². The molecule has 4 N–H and O–H groups in total. The van der Waals surface area contributed by atoms with Gasteiger partial charge < -0.3 is 11.5 Å². The molecule has 0 heterocycles. The molecule has 3 heteroatoms. The molecule has 1 fully saturated rings. The Balaban J connectivity index is 2.25. The first kappa shape index (κ1) is 6.29. The van der Waals surface area contributed by atoms with E-state index in [0.717, 1.165) is 6.42 Å². The lowest BCUT2D eigenvalue weighted by atomic mass is 10.3. The van der Waals surface area contributed by atoms with Crippen molar-refractivity contribution in [3.05, 3.63) is 12.2 Å². The molecule has 0 saturated heterocycles. The van der Waals surface area contributed by atoms with Gasteiger partial charge in [0.25, 0.3) is 0 Å². The normalized spacial score (nSPS) is 33.0. The van der Waals surface area contributed by atoms with E-state index in [9.17, 15) is 4.79 Å². The van der Waals surface area contributed by atoms with Gasteiger partial charge in [-0.2, -0.15) is 0 Å². The van der Waals surface area contributed by atoms with Crippen molar-refractivity contribution >= 4 is 5.91 Å². The number of amides is 1. The minimum atomic E-state index is -0.394. The maximum Gasteiger partial charge on any atom is 0.241 e. The Hall–Kier alpha value is -0.830. The van der Waals surface area contributed by atoms with E-state index in [-0.39, 0.29) is 6.04 Å². The Morgan fingerprint density at radius 3 is 2.56 bits per heavy atom. The highest BCUT2D eigenvalue weighted by molar-refractivity contribution is 5.85. The van der Waals surface area contributed by atoms with Gasteiger partial charge in [-0.3, -0.25) is 4.79 Å². The first-order chi connectivity index (χ1) is 4.20. The largest absolute Gasteiger partial charge is 0.366 e. The smallest absolute Gasteiger partial charge is 0.241 e. The van der Waals surface area contributed by atoms with Crippen molar-refractivity contribution < 1.29 is 4.79 Å². The topological polar surface area (TPSA) is 69.1 Å². The minimum Gasteiger partial charge on any atom is -0.366 e. The molecule has 1 aliphatic carbocycles. The van der Waals surface area contributed by atoms with E-state index in [1.54, 1.807) is 6.08 Å². The third kappa shape index (κ3) is 1.85. The molecule has 1 saturated carbocycles. The summed E-state index contributed by atoms with van der Waals surface area (Å²) in [5, 5.41) is 0. The highest BCUT2D eigenvalue weighted by Crippen LogP contribution is 2.28. The maximum atomic E-state index is 10.1. The Bertz CT molecular complexity index is 153. The van der Waals surface area contributed by atoms with Crippen LogP contribution in [0, 0.1) is 5.92 Å². The first-order valence-electron chi connectivity index (χ1n) is 2.93. The van der Waals surface area contributed by atoms with Crippen molar-refractivity contribution in [2.24, 2.45) is 17.4 Å². The number of hydrogen-bond donors (Lipinski definition) is 2. The molecule has 0 aromatic heterocycles. The fourth-order valence-corrected chi connectivity index (χ4v) is 0.675. The molecule has 1 aliphatic rings. The molecule has 9 heavy (non-hydrogen) atoms. The lowest BCUT2D eigenvalue weighted by Gasteiger charge is -1.80. The van der Waals surface area contributed by atoms with Gasteiger partial charge in [0.15, 0.2) is 0 Å². The van der Waals surface area contributed by atoms with Crippen LogP contribution in [0.4, 0.5) is 0 Å². The van der Waals surface area contributed by atoms with Gasteiger partial charge in [0.1, 0.15) is 0 Å². The molecule has 0 aromatic carbocycles. The average Bonchev–Trinajstić information content (AvgIpc) is 2.42. The van der Waals surface area contributed by atoms with Crippen LogP contribution in [0.1, 0.15) is 6.42 Å². The molecule has 0 unspecified atom stereocenters. The van der Waals surface area contributed by atoms with Crippen molar-refractivity contribution in [3.8, 4) is 0 Å². The van der Waals surface area contributed by atoms with Gasteiger partial charge in [-0.1, -0.05) is 6.08 Å². The highest BCUT2D eigenvalue weighted by atomic mass is 16.1. The standard InChI is InChI=1S/C6H10N2O/c7-5-3-4(5)1-2-6(8)9/h1-2,4-5H,3,7H2,(H2,8,9)/b2-1-/t4-,5-/m1/s1. The van der Waals surface area contributed by atoms with Crippen molar-refractivity contribution in [2.75, 3.05) is 0 Å². The number of nitrogens with two attached hydrogens (primary N) is 2. The Morgan fingerprint density at radius 1 is 1.67 bits per heavy atom. The molecule has 1 rings (SSSR count).